The van der Waals surface area contributed by atoms with Crippen molar-refractivity contribution in [2.24, 2.45) is 0 Å². The molecule has 1 aromatic carbocycles. The molecule has 0 spiro atoms. The van der Waals surface area contributed by atoms with Crippen LogP contribution in [0.3, 0.4) is 0 Å². The van der Waals surface area contributed by atoms with Crippen molar-refractivity contribution in [3.05, 3.63) is 47.9 Å². The summed E-state index contributed by atoms with van der Waals surface area (Å²) in [5.74, 6) is -0.571. The lowest BCUT2D eigenvalue weighted by Crippen LogP contribution is -2.45. The van der Waals surface area contributed by atoms with Gasteiger partial charge in [-0.05, 0) is 43.4 Å². The van der Waals surface area contributed by atoms with Gasteiger partial charge in [0.1, 0.15) is 17.1 Å². The first-order valence-corrected chi connectivity index (χ1v) is 9.75. The molecule has 1 aliphatic rings. The van der Waals surface area contributed by atoms with Gasteiger partial charge in [-0.1, -0.05) is 18.9 Å². The van der Waals surface area contributed by atoms with Crippen molar-refractivity contribution < 1.29 is 19.0 Å². The maximum absolute atomic E-state index is 13.7. The number of nitrogens with zero attached hydrogens (tertiary/aromatic N) is 1. The molecule has 2 aromatic rings. The van der Waals surface area contributed by atoms with E-state index in [1.807, 2.05) is 24.5 Å². The van der Waals surface area contributed by atoms with Crippen LogP contribution in [0.2, 0.25) is 0 Å². The molecule has 3 rings (SSSR count). The maximum Gasteiger partial charge on any atom is 0.257 e. The zero-order valence-electron chi connectivity index (χ0n) is 14.4. The molecule has 1 heterocycles. The van der Waals surface area contributed by atoms with Crippen LogP contribution in [0.1, 0.15) is 36.0 Å². The minimum absolute atomic E-state index is 0.0114. The number of aromatic nitrogens is 1. The zero-order chi connectivity index (χ0) is 18.5. The Labute approximate surface area is 156 Å². The van der Waals surface area contributed by atoms with Crippen LogP contribution < -0.4 is 10.1 Å². The van der Waals surface area contributed by atoms with E-state index in [0.717, 1.165) is 30.0 Å². The second-order valence-corrected chi connectivity index (χ2v) is 7.10. The summed E-state index contributed by atoms with van der Waals surface area (Å²) < 4.78 is 19.4. The molecule has 1 aromatic heterocycles. The summed E-state index contributed by atoms with van der Waals surface area (Å²) in [5, 5.41) is 12.8. The van der Waals surface area contributed by atoms with E-state index in [4.69, 9.17) is 4.74 Å². The molecule has 1 aliphatic carbocycles. The number of aliphatic hydroxyl groups is 1. The number of hydrogen-bond acceptors (Lipinski definition) is 5. The summed E-state index contributed by atoms with van der Waals surface area (Å²) in [5.41, 5.74) is 0.0114. The number of nitrogens with one attached hydrogen (secondary N) is 1. The minimum Gasteiger partial charge on any atom is -0.438 e. The number of thioether (sulfide) groups is 1. The summed E-state index contributed by atoms with van der Waals surface area (Å²) in [6, 6.07) is 8.11. The number of benzene rings is 1. The van der Waals surface area contributed by atoms with Gasteiger partial charge in [0.15, 0.2) is 0 Å². The first-order chi connectivity index (χ1) is 12.6. The molecule has 7 heteroatoms. The van der Waals surface area contributed by atoms with Crippen LogP contribution >= 0.6 is 11.8 Å². The SMILES string of the molecule is CSc1cccc(Oc2ncc(F)cc2C(=O)N[C@H]2CCCC[C@H]2O)c1. The van der Waals surface area contributed by atoms with Gasteiger partial charge in [0.25, 0.3) is 5.91 Å². The van der Waals surface area contributed by atoms with Gasteiger partial charge in [0.2, 0.25) is 5.88 Å². The molecule has 2 N–H and O–H groups in total. The number of rotatable bonds is 5. The lowest BCUT2D eigenvalue weighted by atomic mass is 9.92. The van der Waals surface area contributed by atoms with E-state index in [2.05, 4.69) is 10.3 Å². The molecule has 5 nitrogen and oxygen atoms in total. The number of carbonyl (C=O) groups is 1. The first-order valence-electron chi connectivity index (χ1n) is 8.53. The molecule has 0 unspecified atom stereocenters. The Bertz CT molecular complexity index is 787. The number of carbonyl (C=O) groups excluding carboxylic acids is 1. The van der Waals surface area contributed by atoms with Gasteiger partial charge >= 0.3 is 0 Å². The van der Waals surface area contributed by atoms with Gasteiger partial charge in [-0.3, -0.25) is 4.79 Å². The second kappa shape index (κ2) is 8.51. The van der Waals surface area contributed by atoms with E-state index >= 15 is 0 Å². The maximum atomic E-state index is 13.7. The first kappa shape index (κ1) is 18.7. The lowest BCUT2D eigenvalue weighted by molar-refractivity contribution is 0.0715. The molecule has 0 bridgehead atoms. The average molecular weight is 376 g/mol. The van der Waals surface area contributed by atoms with Gasteiger partial charge in [-0.2, -0.15) is 0 Å². The number of aliphatic hydroxyl groups excluding tert-OH is 1. The van der Waals surface area contributed by atoms with Crippen LogP contribution in [-0.2, 0) is 0 Å². The molecule has 138 valence electrons. The van der Waals surface area contributed by atoms with Crippen LogP contribution in [0, 0.1) is 5.82 Å². The largest absolute Gasteiger partial charge is 0.438 e. The van der Waals surface area contributed by atoms with E-state index < -0.39 is 17.8 Å². The average Bonchev–Trinajstić information content (AvgIpc) is 2.65. The lowest BCUT2D eigenvalue weighted by Gasteiger charge is -2.28. The Hall–Kier alpha value is -2.12. The third-order valence-corrected chi connectivity index (χ3v) is 5.09. The normalized spacial score (nSPS) is 19.8. The Balaban J connectivity index is 1.81. The van der Waals surface area contributed by atoms with E-state index in [0.29, 0.717) is 18.6 Å². The summed E-state index contributed by atoms with van der Waals surface area (Å²) in [6.45, 7) is 0. The van der Waals surface area contributed by atoms with Crippen LogP contribution in [0.5, 0.6) is 11.6 Å². The third kappa shape index (κ3) is 4.53. The molecule has 26 heavy (non-hydrogen) atoms. The number of pyridine rings is 1. The number of amides is 1. The summed E-state index contributed by atoms with van der Waals surface area (Å²) in [4.78, 5) is 17.6. The van der Waals surface area contributed by atoms with Gasteiger partial charge in [0.05, 0.1) is 18.3 Å². The van der Waals surface area contributed by atoms with Crippen molar-refractivity contribution in [3.8, 4) is 11.6 Å². The molecule has 0 aliphatic heterocycles. The number of hydrogen-bond donors (Lipinski definition) is 2. The Morgan fingerprint density at radius 2 is 2.15 bits per heavy atom. The van der Waals surface area contributed by atoms with Crippen molar-refractivity contribution in [2.75, 3.05) is 6.26 Å². The van der Waals surface area contributed by atoms with E-state index in [1.54, 1.807) is 17.8 Å². The van der Waals surface area contributed by atoms with E-state index in [1.165, 1.54) is 0 Å². The summed E-state index contributed by atoms with van der Waals surface area (Å²) in [6.07, 6.45) is 5.60. The minimum atomic E-state index is -0.621. The Kier molecular flexibility index (Phi) is 6.11. The number of ether oxygens (including phenoxy) is 1. The van der Waals surface area contributed by atoms with E-state index in [9.17, 15) is 14.3 Å². The van der Waals surface area contributed by atoms with Gasteiger partial charge in [0, 0.05) is 4.90 Å². The molecule has 2 atom stereocenters. The predicted molar refractivity (Wildman–Crippen MR) is 98.2 cm³/mol. The van der Waals surface area contributed by atoms with Crippen LogP contribution in [0.4, 0.5) is 4.39 Å². The summed E-state index contributed by atoms with van der Waals surface area (Å²) in [7, 11) is 0. The fourth-order valence-electron chi connectivity index (χ4n) is 2.97. The number of halogens is 1. The second-order valence-electron chi connectivity index (χ2n) is 6.22. The highest BCUT2D eigenvalue weighted by Crippen LogP contribution is 2.27. The quantitative estimate of drug-likeness (QED) is 0.778. The zero-order valence-corrected chi connectivity index (χ0v) is 15.3. The van der Waals surface area contributed by atoms with Gasteiger partial charge < -0.3 is 15.2 Å². The van der Waals surface area contributed by atoms with Crippen molar-refractivity contribution in [3.63, 3.8) is 0 Å². The standard InChI is InChI=1S/C19H21FN2O3S/c1-26-14-6-4-5-13(10-14)25-19-15(9-12(20)11-21-19)18(24)22-16-7-2-3-8-17(16)23/h4-6,9-11,16-17,23H,2-3,7-8H2,1H3,(H,22,24)/t16-,17+/m0/s1. The molecule has 1 saturated carbocycles. The monoisotopic (exact) mass is 376 g/mol. The molecule has 1 amide bonds. The van der Waals surface area contributed by atoms with E-state index in [-0.39, 0.29) is 17.5 Å². The highest BCUT2D eigenvalue weighted by molar-refractivity contribution is 7.98. The van der Waals surface area contributed by atoms with Crippen molar-refractivity contribution in [2.45, 2.75) is 42.7 Å². The smallest absolute Gasteiger partial charge is 0.257 e. The van der Waals surface area contributed by atoms with Crippen molar-refractivity contribution >= 4 is 17.7 Å². The Morgan fingerprint density at radius 3 is 2.92 bits per heavy atom. The third-order valence-electron chi connectivity index (χ3n) is 4.36. The Morgan fingerprint density at radius 1 is 1.35 bits per heavy atom. The fraction of sp³-hybridized carbons (Fsp3) is 0.368. The van der Waals surface area contributed by atoms with Crippen molar-refractivity contribution in [1.29, 1.82) is 0 Å². The topological polar surface area (TPSA) is 71.5 Å². The van der Waals surface area contributed by atoms with Gasteiger partial charge in [-0.25, -0.2) is 9.37 Å². The molecule has 0 radical (unpaired) electrons. The van der Waals surface area contributed by atoms with Crippen LogP contribution in [0.15, 0.2) is 41.4 Å². The predicted octanol–water partition coefficient (Wildman–Crippen LogP) is 3.77. The molecular weight excluding hydrogens is 355 g/mol. The highest BCUT2D eigenvalue weighted by Gasteiger charge is 2.26. The highest BCUT2D eigenvalue weighted by atomic mass is 32.2. The van der Waals surface area contributed by atoms with Crippen LogP contribution in [0.25, 0.3) is 0 Å². The van der Waals surface area contributed by atoms with Crippen LogP contribution in [-0.4, -0.2) is 34.4 Å². The fourth-order valence-corrected chi connectivity index (χ4v) is 3.42. The molecule has 1 fully saturated rings. The molecular formula is C19H21FN2O3S. The molecule has 0 saturated heterocycles. The van der Waals surface area contributed by atoms with Gasteiger partial charge in [-0.15, -0.1) is 11.8 Å². The van der Waals surface area contributed by atoms with Crippen molar-refractivity contribution in [1.82, 2.24) is 10.3 Å². The summed E-state index contributed by atoms with van der Waals surface area (Å²) >= 11 is 1.56.